The number of fused-ring (bicyclic) bond motifs is 1. The molecule has 0 saturated heterocycles. The highest BCUT2D eigenvalue weighted by atomic mass is 32.1. The van der Waals surface area contributed by atoms with Gasteiger partial charge in [-0.05, 0) is 32.4 Å². The molecule has 2 aromatic rings. The lowest BCUT2D eigenvalue weighted by Crippen LogP contribution is -2.06. The Morgan fingerprint density at radius 2 is 2.28 bits per heavy atom. The minimum absolute atomic E-state index is 0.0500. The Morgan fingerprint density at radius 1 is 1.56 bits per heavy atom. The highest BCUT2D eigenvalue weighted by molar-refractivity contribution is 7.19. The van der Waals surface area contributed by atoms with Gasteiger partial charge in [0, 0.05) is 11.1 Å². The van der Waals surface area contributed by atoms with Gasteiger partial charge in [-0.3, -0.25) is 5.41 Å². The Labute approximate surface area is 109 Å². The standard InChI is InChI=1S/C13H13N3OS/c1-4-17-12(15)11-9(6-14)18-13-10(11)7(2)5-8(3)16-13/h5,15H,4H2,1-3H3. The summed E-state index contributed by atoms with van der Waals surface area (Å²) >= 11 is 1.31. The lowest BCUT2D eigenvalue weighted by molar-refractivity contribution is 0.326. The van der Waals surface area contributed by atoms with Crippen LogP contribution in [0.1, 0.15) is 28.6 Å². The van der Waals surface area contributed by atoms with Crippen LogP contribution in [0.3, 0.4) is 0 Å². The number of nitrogens with one attached hydrogen (secondary N) is 1. The highest BCUT2D eigenvalue weighted by Crippen LogP contribution is 2.32. The van der Waals surface area contributed by atoms with E-state index in [4.69, 9.17) is 10.1 Å². The molecule has 0 amide bonds. The zero-order valence-corrected chi connectivity index (χ0v) is 11.3. The third kappa shape index (κ3) is 1.95. The van der Waals surface area contributed by atoms with Gasteiger partial charge < -0.3 is 4.74 Å². The Morgan fingerprint density at radius 3 is 2.89 bits per heavy atom. The minimum Gasteiger partial charge on any atom is -0.478 e. The smallest absolute Gasteiger partial charge is 0.216 e. The van der Waals surface area contributed by atoms with E-state index in [9.17, 15) is 5.26 Å². The van der Waals surface area contributed by atoms with Crippen molar-refractivity contribution in [2.75, 3.05) is 6.61 Å². The topological polar surface area (TPSA) is 69.8 Å². The molecule has 0 radical (unpaired) electrons. The summed E-state index contributed by atoms with van der Waals surface area (Å²) in [4.78, 5) is 5.71. The summed E-state index contributed by atoms with van der Waals surface area (Å²) in [5.74, 6) is 0.0500. The molecule has 0 aliphatic rings. The monoisotopic (exact) mass is 259 g/mol. The SMILES string of the molecule is CCOC(=N)c1c(C#N)sc2nc(C)cc(C)c12. The third-order valence-corrected chi connectivity index (χ3v) is 3.59. The van der Waals surface area contributed by atoms with Gasteiger partial charge in [-0.2, -0.15) is 5.26 Å². The van der Waals surface area contributed by atoms with E-state index in [1.807, 2.05) is 26.8 Å². The Bertz CT molecular complexity index is 667. The van der Waals surface area contributed by atoms with Crippen LogP contribution in [-0.2, 0) is 4.74 Å². The lowest BCUT2D eigenvalue weighted by atomic mass is 10.1. The molecule has 5 heteroatoms. The molecule has 2 rings (SSSR count). The van der Waals surface area contributed by atoms with E-state index in [-0.39, 0.29) is 5.90 Å². The maximum Gasteiger partial charge on any atom is 0.216 e. The number of nitriles is 1. The quantitative estimate of drug-likeness (QED) is 0.665. The number of hydrogen-bond donors (Lipinski definition) is 1. The molecule has 0 saturated carbocycles. The molecule has 0 unspecified atom stereocenters. The molecule has 0 atom stereocenters. The first-order valence-corrected chi connectivity index (χ1v) is 6.42. The molecule has 0 aromatic carbocycles. The molecule has 0 spiro atoms. The summed E-state index contributed by atoms with van der Waals surface area (Å²) in [6.45, 7) is 6.13. The molecule has 0 aliphatic carbocycles. The van der Waals surface area contributed by atoms with Crippen LogP contribution in [0.4, 0.5) is 0 Å². The molecule has 2 aromatic heterocycles. The second-order valence-electron chi connectivity index (χ2n) is 3.94. The van der Waals surface area contributed by atoms with E-state index in [0.29, 0.717) is 17.0 Å². The van der Waals surface area contributed by atoms with Crippen molar-refractivity contribution >= 4 is 27.5 Å². The Kier molecular flexibility index (Phi) is 3.30. The molecular weight excluding hydrogens is 246 g/mol. The molecule has 0 fully saturated rings. The van der Waals surface area contributed by atoms with Crippen molar-refractivity contribution in [2.45, 2.75) is 20.8 Å². The molecule has 0 aliphatic heterocycles. The third-order valence-electron chi connectivity index (χ3n) is 2.60. The van der Waals surface area contributed by atoms with Gasteiger partial charge in [0.05, 0.1) is 12.2 Å². The zero-order chi connectivity index (χ0) is 13.3. The molecule has 0 bridgehead atoms. The number of nitrogens with zero attached hydrogens (tertiary/aromatic N) is 2. The molecule has 4 nitrogen and oxygen atoms in total. The van der Waals surface area contributed by atoms with Crippen LogP contribution in [0.15, 0.2) is 6.07 Å². The van der Waals surface area contributed by atoms with Gasteiger partial charge in [-0.15, -0.1) is 11.3 Å². The van der Waals surface area contributed by atoms with Gasteiger partial charge in [0.15, 0.2) is 0 Å². The maximum absolute atomic E-state index is 9.18. The Hall–Kier alpha value is -1.93. The van der Waals surface area contributed by atoms with Crippen molar-refractivity contribution in [3.8, 4) is 6.07 Å². The van der Waals surface area contributed by atoms with Crippen molar-refractivity contribution < 1.29 is 4.74 Å². The first-order chi connectivity index (χ1) is 8.58. The highest BCUT2D eigenvalue weighted by Gasteiger charge is 2.20. The first kappa shape index (κ1) is 12.5. The van der Waals surface area contributed by atoms with Crippen LogP contribution < -0.4 is 0 Å². The lowest BCUT2D eigenvalue weighted by Gasteiger charge is -2.06. The van der Waals surface area contributed by atoms with E-state index in [1.165, 1.54) is 11.3 Å². The van der Waals surface area contributed by atoms with Crippen molar-refractivity contribution in [1.29, 1.82) is 10.7 Å². The summed E-state index contributed by atoms with van der Waals surface area (Å²) < 4.78 is 5.23. The molecule has 18 heavy (non-hydrogen) atoms. The van der Waals surface area contributed by atoms with Crippen molar-refractivity contribution in [3.63, 3.8) is 0 Å². The molecule has 92 valence electrons. The average Bonchev–Trinajstić information content (AvgIpc) is 2.67. The number of ether oxygens (including phenoxy) is 1. The first-order valence-electron chi connectivity index (χ1n) is 5.61. The predicted molar refractivity (Wildman–Crippen MR) is 72.3 cm³/mol. The van der Waals surface area contributed by atoms with Gasteiger partial charge >= 0.3 is 0 Å². The van der Waals surface area contributed by atoms with E-state index >= 15 is 0 Å². The van der Waals surface area contributed by atoms with Gasteiger partial charge in [-0.25, -0.2) is 4.98 Å². The van der Waals surface area contributed by atoms with Crippen LogP contribution in [0.25, 0.3) is 10.2 Å². The number of aromatic nitrogens is 1. The summed E-state index contributed by atoms with van der Waals surface area (Å²) in [6.07, 6.45) is 0. The van der Waals surface area contributed by atoms with Crippen LogP contribution in [0.2, 0.25) is 0 Å². The normalized spacial score (nSPS) is 10.3. The van der Waals surface area contributed by atoms with Crippen LogP contribution in [0, 0.1) is 30.6 Å². The minimum atomic E-state index is 0.0500. The van der Waals surface area contributed by atoms with Gasteiger partial charge in [0.25, 0.3) is 0 Å². The average molecular weight is 259 g/mol. The molecule has 1 N–H and O–H groups in total. The number of pyridine rings is 1. The van der Waals surface area contributed by atoms with E-state index < -0.39 is 0 Å². The fraction of sp³-hybridized carbons (Fsp3) is 0.308. The van der Waals surface area contributed by atoms with E-state index in [0.717, 1.165) is 21.5 Å². The van der Waals surface area contributed by atoms with Crippen molar-refractivity contribution in [2.24, 2.45) is 0 Å². The number of rotatable bonds is 2. The summed E-state index contributed by atoms with van der Waals surface area (Å²) in [5, 5.41) is 18.0. The van der Waals surface area contributed by atoms with E-state index in [1.54, 1.807) is 0 Å². The van der Waals surface area contributed by atoms with Crippen LogP contribution in [-0.4, -0.2) is 17.5 Å². The fourth-order valence-corrected chi connectivity index (χ4v) is 3.04. The fourth-order valence-electron chi connectivity index (χ4n) is 1.95. The van der Waals surface area contributed by atoms with Crippen molar-refractivity contribution in [3.05, 3.63) is 27.8 Å². The number of thiophene rings is 1. The number of aryl methyl sites for hydroxylation is 2. The molecule has 2 heterocycles. The van der Waals surface area contributed by atoms with Crippen LogP contribution in [0.5, 0.6) is 0 Å². The Balaban J connectivity index is 2.78. The number of hydrogen-bond acceptors (Lipinski definition) is 5. The van der Waals surface area contributed by atoms with Crippen LogP contribution >= 0.6 is 11.3 Å². The second-order valence-corrected chi connectivity index (χ2v) is 4.94. The largest absolute Gasteiger partial charge is 0.478 e. The molecular formula is C13H13N3OS. The van der Waals surface area contributed by atoms with Gasteiger partial charge in [0.2, 0.25) is 5.90 Å². The second kappa shape index (κ2) is 4.75. The maximum atomic E-state index is 9.18. The zero-order valence-electron chi connectivity index (χ0n) is 10.5. The summed E-state index contributed by atoms with van der Waals surface area (Å²) in [5.41, 5.74) is 2.51. The predicted octanol–water partition coefficient (Wildman–Crippen LogP) is 3.15. The van der Waals surface area contributed by atoms with E-state index in [2.05, 4.69) is 11.1 Å². The van der Waals surface area contributed by atoms with Gasteiger partial charge in [-0.1, -0.05) is 0 Å². The van der Waals surface area contributed by atoms with Crippen molar-refractivity contribution in [1.82, 2.24) is 4.98 Å². The van der Waals surface area contributed by atoms with Gasteiger partial charge in [0.1, 0.15) is 15.8 Å². The summed E-state index contributed by atoms with van der Waals surface area (Å²) in [7, 11) is 0. The summed E-state index contributed by atoms with van der Waals surface area (Å²) in [6, 6.07) is 4.09.